The van der Waals surface area contributed by atoms with Gasteiger partial charge >= 0.3 is 5.97 Å². The lowest BCUT2D eigenvalue weighted by Crippen LogP contribution is -2.38. The molecule has 0 amide bonds. The zero-order valence-corrected chi connectivity index (χ0v) is 8.33. The molecule has 0 fully saturated rings. The van der Waals surface area contributed by atoms with Gasteiger partial charge in [0.2, 0.25) is 0 Å². The summed E-state index contributed by atoms with van der Waals surface area (Å²) >= 11 is 0. The number of hydrogen-bond acceptors (Lipinski definition) is 3. The Balaban J connectivity index is 3.91. The molecule has 0 rings (SSSR count). The molecule has 0 aliphatic carbocycles. The highest BCUT2D eigenvalue weighted by molar-refractivity contribution is 5.75. The van der Waals surface area contributed by atoms with E-state index in [0.717, 1.165) is 6.42 Å². The Bertz CT molecular complexity index is 145. The lowest BCUT2D eigenvalue weighted by molar-refractivity contribution is -0.143. The fourth-order valence-corrected chi connectivity index (χ4v) is 1.26. The van der Waals surface area contributed by atoms with Crippen LogP contribution in [0.2, 0.25) is 0 Å². The van der Waals surface area contributed by atoms with Crippen LogP contribution in [0.4, 0.5) is 0 Å². The lowest BCUT2D eigenvalue weighted by atomic mass is 9.93. The minimum Gasteiger partial charge on any atom is -0.468 e. The maximum Gasteiger partial charge on any atom is 0.322 e. The van der Waals surface area contributed by atoms with E-state index in [-0.39, 0.29) is 11.9 Å². The molecule has 0 heterocycles. The van der Waals surface area contributed by atoms with Crippen molar-refractivity contribution in [3.05, 3.63) is 0 Å². The van der Waals surface area contributed by atoms with E-state index in [1.807, 2.05) is 6.92 Å². The van der Waals surface area contributed by atoms with E-state index in [0.29, 0.717) is 5.92 Å². The zero-order chi connectivity index (χ0) is 9.72. The van der Waals surface area contributed by atoms with Gasteiger partial charge in [0.1, 0.15) is 6.04 Å². The standard InChI is InChI=1S/C9H19NO2/c1-6(2)5-7(3)8(10)9(11)12-4/h6-8H,5,10H2,1-4H3. The molecule has 0 aromatic heterocycles. The Labute approximate surface area is 74.3 Å². The van der Waals surface area contributed by atoms with Crippen molar-refractivity contribution in [2.24, 2.45) is 17.6 Å². The Morgan fingerprint density at radius 1 is 1.42 bits per heavy atom. The molecular weight excluding hydrogens is 154 g/mol. The van der Waals surface area contributed by atoms with Crippen molar-refractivity contribution < 1.29 is 9.53 Å². The minimum absolute atomic E-state index is 0.192. The van der Waals surface area contributed by atoms with Crippen molar-refractivity contribution in [2.45, 2.75) is 33.2 Å². The van der Waals surface area contributed by atoms with Crippen LogP contribution in [0.1, 0.15) is 27.2 Å². The first-order chi connectivity index (χ1) is 5.49. The van der Waals surface area contributed by atoms with E-state index in [1.54, 1.807) is 0 Å². The fraction of sp³-hybridized carbons (Fsp3) is 0.889. The van der Waals surface area contributed by atoms with Gasteiger partial charge in [-0.15, -0.1) is 0 Å². The van der Waals surface area contributed by atoms with Crippen LogP contribution in [0, 0.1) is 11.8 Å². The van der Waals surface area contributed by atoms with Crippen molar-refractivity contribution in [1.29, 1.82) is 0 Å². The van der Waals surface area contributed by atoms with Gasteiger partial charge in [-0.2, -0.15) is 0 Å². The number of rotatable bonds is 4. The van der Waals surface area contributed by atoms with E-state index in [2.05, 4.69) is 18.6 Å². The summed E-state index contributed by atoms with van der Waals surface area (Å²) in [5.41, 5.74) is 5.64. The van der Waals surface area contributed by atoms with Crippen molar-refractivity contribution in [2.75, 3.05) is 7.11 Å². The third-order valence-corrected chi connectivity index (χ3v) is 1.93. The third kappa shape index (κ3) is 3.72. The topological polar surface area (TPSA) is 52.3 Å². The first kappa shape index (κ1) is 11.4. The molecule has 0 aromatic rings. The molecular formula is C9H19NO2. The molecule has 2 atom stereocenters. The number of ether oxygens (including phenoxy) is 1. The quantitative estimate of drug-likeness (QED) is 0.649. The summed E-state index contributed by atoms with van der Waals surface area (Å²) in [5.74, 6) is 0.441. The van der Waals surface area contributed by atoms with Gasteiger partial charge in [-0.3, -0.25) is 4.79 Å². The lowest BCUT2D eigenvalue weighted by Gasteiger charge is -2.18. The smallest absolute Gasteiger partial charge is 0.322 e. The van der Waals surface area contributed by atoms with Crippen molar-refractivity contribution in [1.82, 2.24) is 0 Å². The zero-order valence-electron chi connectivity index (χ0n) is 8.33. The summed E-state index contributed by atoms with van der Waals surface area (Å²) in [6.45, 7) is 6.20. The average molecular weight is 173 g/mol. The molecule has 0 saturated heterocycles. The Hall–Kier alpha value is -0.570. The molecule has 2 N–H and O–H groups in total. The summed E-state index contributed by atoms with van der Waals surface area (Å²) in [5, 5.41) is 0. The Kier molecular flexibility index (Phi) is 4.90. The summed E-state index contributed by atoms with van der Waals surface area (Å²) in [7, 11) is 1.37. The average Bonchev–Trinajstić information content (AvgIpc) is 2.00. The highest BCUT2D eigenvalue weighted by Crippen LogP contribution is 2.14. The van der Waals surface area contributed by atoms with Crippen LogP contribution in [0.5, 0.6) is 0 Å². The predicted octanol–water partition coefficient (Wildman–Crippen LogP) is 1.17. The molecule has 72 valence electrons. The highest BCUT2D eigenvalue weighted by Gasteiger charge is 2.21. The van der Waals surface area contributed by atoms with E-state index in [1.165, 1.54) is 7.11 Å². The molecule has 0 aliphatic heterocycles. The predicted molar refractivity (Wildman–Crippen MR) is 48.6 cm³/mol. The van der Waals surface area contributed by atoms with Crippen molar-refractivity contribution in [3.8, 4) is 0 Å². The van der Waals surface area contributed by atoms with Gasteiger partial charge < -0.3 is 10.5 Å². The van der Waals surface area contributed by atoms with Crippen LogP contribution in [-0.4, -0.2) is 19.1 Å². The second-order valence-corrected chi connectivity index (χ2v) is 3.66. The van der Waals surface area contributed by atoms with Crippen LogP contribution in [0.25, 0.3) is 0 Å². The van der Waals surface area contributed by atoms with Crippen molar-refractivity contribution in [3.63, 3.8) is 0 Å². The SMILES string of the molecule is COC(=O)C(N)C(C)CC(C)C. The molecule has 3 heteroatoms. The minimum atomic E-state index is -0.475. The molecule has 12 heavy (non-hydrogen) atoms. The van der Waals surface area contributed by atoms with Crippen LogP contribution in [-0.2, 0) is 9.53 Å². The highest BCUT2D eigenvalue weighted by atomic mass is 16.5. The van der Waals surface area contributed by atoms with Crippen LogP contribution in [0.15, 0.2) is 0 Å². The number of nitrogens with two attached hydrogens (primary N) is 1. The monoisotopic (exact) mass is 173 g/mol. The molecule has 3 nitrogen and oxygen atoms in total. The maximum absolute atomic E-state index is 11.0. The normalized spacial score (nSPS) is 15.8. The van der Waals surface area contributed by atoms with Gasteiger partial charge in [-0.25, -0.2) is 0 Å². The first-order valence-electron chi connectivity index (χ1n) is 4.32. The second kappa shape index (κ2) is 5.14. The Morgan fingerprint density at radius 3 is 2.25 bits per heavy atom. The number of carbonyl (C=O) groups is 1. The number of methoxy groups -OCH3 is 1. The summed E-state index contributed by atoms with van der Waals surface area (Å²) in [6.07, 6.45) is 0.955. The van der Waals surface area contributed by atoms with E-state index in [9.17, 15) is 4.79 Å². The van der Waals surface area contributed by atoms with Gasteiger partial charge in [0, 0.05) is 0 Å². The summed E-state index contributed by atoms with van der Waals surface area (Å²) in [4.78, 5) is 11.0. The van der Waals surface area contributed by atoms with E-state index in [4.69, 9.17) is 5.73 Å². The van der Waals surface area contributed by atoms with Crippen LogP contribution < -0.4 is 5.73 Å². The summed E-state index contributed by atoms with van der Waals surface area (Å²) < 4.78 is 4.55. The molecule has 0 spiro atoms. The molecule has 2 unspecified atom stereocenters. The maximum atomic E-state index is 11.0. The largest absolute Gasteiger partial charge is 0.468 e. The summed E-state index contributed by atoms with van der Waals surface area (Å²) in [6, 6.07) is -0.475. The number of carbonyl (C=O) groups excluding carboxylic acids is 1. The van der Waals surface area contributed by atoms with Gasteiger partial charge in [-0.1, -0.05) is 20.8 Å². The van der Waals surface area contributed by atoms with Gasteiger partial charge in [0.05, 0.1) is 7.11 Å². The number of esters is 1. The molecule has 0 aliphatic rings. The molecule has 0 bridgehead atoms. The van der Waals surface area contributed by atoms with E-state index < -0.39 is 6.04 Å². The van der Waals surface area contributed by atoms with Gasteiger partial charge in [0.25, 0.3) is 0 Å². The first-order valence-corrected chi connectivity index (χ1v) is 4.32. The fourth-order valence-electron chi connectivity index (χ4n) is 1.26. The third-order valence-electron chi connectivity index (χ3n) is 1.93. The Morgan fingerprint density at radius 2 is 1.92 bits per heavy atom. The van der Waals surface area contributed by atoms with Gasteiger partial charge in [-0.05, 0) is 18.3 Å². The van der Waals surface area contributed by atoms with Gasteiger partial charge in [0.15, 0.2) is 0 Å². The van der Waals surface area contributed by atoms with E-state index >= 15 is 0 Å². The number of hydrogen-bond donors (Lipinski definition) is 1. The van der Waals surface area contributed by atoms with Crippen molar-refractivity contribution >= 4 is 5.97 Å². The molecule has 0 radical (unpaired) electrons. The van der Waals surface area contributed by atoms with Crippen LogP contribution >= 0.6 is 0 Å². The molecule has 0 saturated carbocycles. The second-order valence-electron chi connectivity index (χ2n) is 3.66. The van der Waals surface area contributed by atoms with Crippen LogP contribution in [0.3, 0.4) is 0 Å². The molecule has 0 aromatic carbocycles.